The Hall–Kier alpha value is -2.55. The predicted octanol–water partition coefficient (Wildman–Crippen LogP) is 3.45. The Morgan fingerprint density at radius 1 is 1.16 bits per heavy atom. The van der Waals surface area contributed by atoms with Gasteiger partial charge < -0.3 is 5.32 Å². The van der Waals surface area contributed by atoms with Crippen molar-refractivity contribution in [3.8, 4) is 11.1 Å². The molecule has 10 heteroatoms. The highest BCUT2D eigenvalue weighted by atomic mass is 35.5. The molecule has 6 nitrogen and oxygen atoms in total. The third-order valence-corrected chi connectivity index (χ3v) is 4.97. The van der Waals surface area contributed by atoms with E-state index in [9.17, 15) is 13.6 Å². The van der Waals surface area contributed by atoms with Gasteiger partial charge in [0, 0.05) is 13.0 Å². The van der Waals surface area contributed by atoms with Gasteiger partial charge in [-0.25, -0.2) is 18.4 Å². The first-order valence-electron chi connectivity index (χ1n) is 9.39. The summed E-state index contributed by atoms with van der Waals surface area (Å²) in [4.78, 5) is 16.2. The summed E-state index contributed by atoms with van der Waals surface area (Å²) in [6.07, 6.45) is 2.70. The molecule has 1 aliphatic heterocycles. The Labute approximate surface area is 191 Å². The van der Waals surface area contributed by atoms with Gasteiger partial charge >= 0.3 is 0 Å². The standard InChI is InChI=1S/C21H21F2N5O.2ClH/c22-21(23)9-19(26-12-21)20(29)25-10-17-3-1-2-4-18(17)16-7-5-15(6-8-16)11-28-14-24-13-27-28;;/h1-8,13-14,19,26H,9-12H2,(H,25,29);2*1H. The number of halogens is 4. The van der Waals surface area contributed by atoms with Crippen LogP contribution in [-0.2, 0) is 17.9 Å². The number of benzene rings is 2. The molecule has 2 N–H and O–H groups in total. The molecule has 0 saturated carbocycles. The average molecular weight is 470 g/mol. The van der Waals surface area contributed by atoms with Crippen LogP contribution in [0.1, 0.15) is 17.5 Å². The van der Waals surface area contributed by atoms with Crippen molar-refractivity contribution in [3.05, 3.63) is 72.3 Å². The Morgan fingerprint density at radius 2 is 1.90 bits per heavy atom. The van der Waals surface area contributed by atoms with Crippen LogP contribution in [-0.4, -0.2) is 39.2 Å². The zero-order valence-corrected chi connectivity index (χ0v) is 18.1. The number of rotatable bonds is 6. The zero-order valence-electron chi connectivity index (χ0n) is 16.5. The van der Waals surface area contributed by atoms with Crippen LogP contribution >= 0.6 is 24.8 Å². The number of carbonyl (C=O) groups is 1. The smallest absolute Gasteiger partial charge is 0.262 e. The van der Waals surface area contributed by atoms with Crippen LogP contribution in [0.5, 0.6) is 0 Å². The van der Waals surface area contributed by atoms with Crippen molar-refractivity contribution < 1.29 is 13.6 Å². The Bertz CT molecular complexity index is 984. The van der Waals surface area contributed by atoms with Crippen LogP contribution in [0.25, 0.3) is 11.1 Å². The van der Waals surface area contributed by atoms with Gasteiger partial charge in [-0.05, 0) is 22.3 Å². The normalized spacial score (nSPS) is 16.8. The minimum Gasteiger partial charge on any atom is -0.351 e. The molecule has 1 amide bonds. The predicted molar refractivity (Wildman–Crippen MR) is 119 cm³/mol. The highest BCUT2D eigenvalue weighted by Gasteiger charge is 2.42. The minimum atomic E-state index is -2.83. The third kappa shape index (κ3) is 6.22. The van der Waals surface area contributed by atoms with Crippen molar-refractivity contribution in [2.45, 2.75) is 31.5 Å². The molecule has 0 radical (unpaired) electrons. The number of amides is 1. The quantitative estimate of drug-likeness (QED) is 0.579. The molecule has 1 atom stereocenters. The van der Waals surface area contributed by atoms with E-state index in [4.69, 9.17) is 0 Å². The van der Waals surface area contributed by atoms with Crippen molar-refractivity contribution >= 4 is 30.7 Å². The van der Waals surface area contributed by atoms with Gasteiger partial charge in [0.15, 0.2) is 0 Å². The zero-order chi connectivity index (χ0) is 20.3. The first kappa shape index (κ1) is 24.7. The fraction of sp³-hybridized carbons (Fsp3) is 0.286. The van der Waals surface area contributed by atoms with Crippen molar-refractivity contribution in [2.75, 3.05) is 6.54 Å². The van der Waals surface area contributed by atoms with Gasteiger partial charge in [-0.2, -0.15) is 5.10 Å². The Balaban J connectivity index is 0.00000171. The van der Waals surface area contributed by atoms with Gasteiger partial charge in [0.25, 0.3) is 5.92 Å². The summed E-state index contributed by atoms with van der Waals surface area (Å²) in [7, 11) is 0. The summed E-state index contributed by atoms with van der Waals surface area (Å²) in [6.45, 7) is 0.457. The molecule has 166 valence electrons. The summed E-state index contributed by atoms with van der Waals surface area (Å²) < 4.78 is 28.4. The van der Waals surface area contributed by atoms with E-state index < -0.39 is 30.8 Å². The molecule has 1 saturated heterocycles. The van der Waals surface area contributed by atoms with Crippen LogP contribution in [0, 0.1) is 0 Å². The molecule has 1 fully saturated rings. The topological polar surface area (TPSA) is 71.8 Å². The highest BCUT2D eigenvalue weighted by Crippen LogP contribution is 2.26. The number of nitrogens with zero attached hydrogens (tertiary/aromatic N) is 3. The number of carbonyl (C=O) groups excluding carboxylic acids is 1. The summed E-state index contributed by atoms with van der Waals surface area (Å²) in [5, 5.41) is 9.46. The van der Waals surface area contributed by atoms with E-state index >= 15 is 0 Å². The lowest BCUT2D eigenvalue weighted by atomic mass is 9.98. The second-order valence-corrected chi connectivity index (χ2v) is 7.16. The maximum atomic E-state index is 13.3. The third-order valence-electron chi connectivity index (χ3n) is 4.97. The lowest BCUT2D eigenvalue weighted by Crippen LogP contribution is -2.40. The van der Waals surface area contributed by atoms with E-state index in [2.05, 4.69) is 20.7 Å². The van der Waals surface area contributed by atoms with Gasteiger partial charge in [0.1, 0.15) is 12.7 Å². The number of aromatic nitrogens is 3. The lowest BCUT2D eigenvalue weighted by molar-refractivity contribution is -0.123. The maximum Gasteiger partial charge on any atom is 0.262 e. The molecule has 1 unspecified atom stereocenters. The number of alkyl halides is 2. The molecule has 0 bridgehead atoms. The van der Waals surface area contributed by atoms with Crippen molar-refractivity contribution in [1.29, 1.82) is 0 Å². The first-order chi connectivity index (χ1) is 14.0. The SMILES string of the molecule is Cl.Cl.O=C(NCc1ccccc1-c1ccc(Cn2cncn2)cc1)C1CC(F)(F)CN1. The van der Waals surface area contributed by atoms with Crippen molar-refractivity contribution in [2.24, 2.45) is 0 Å². The lowest BCUT2D eigenvalue weighted by Gasteiger charge is -2.14. The van der Waals surface area contributed by atoms with E-state index in [1.54, 1.807) is 11.0 Å². The van der Waals surface area contributed by atoms with Crippen LogP contribution in [0.15, 0.2) is 61.2 Å². The number of nitrogens with one attached hydrogen (secondary N) is 2. The van der Waals surface area contributed by atoms with Crippen LogP contribution in [0.3, 0.4) is 0 Å². The summed E-state index contributed by atoms with van der Waals surface area (Å²) in [5.41, 5.74) is 4.03. The monoisotopic (exact) mass is 469 g/mol. The first-order valence-corrected chi connectivity index (χ1v) is 9.39. The summed E-state index contributed by atoms with van der Waals surface area (Å²) in [5.74, 6) is -3.23. The fourth-order valence-electron chi connectivity index (χ4n) is 3.45. The molecule has 4 rings (SSSR count). The van der Waals surface area contributed by atoms with Gasteiger partial charge in [0.05, 0.1) is 19.1 Å². The van der Waals surface area contributed by atoms with E-state index in [1.807, 2.05) is 48.5 Å². The van der Waals surface area contributed by atoms with Crippen molar-refractivity contribution in [3.63, 3.8) is 0 Å². The Kier molecular flexibility index (Phi) is 8.50. The molecule has 2 aromatic carbocycles. The van der Waals surface area contributed by atoms with E-state index in [-0.39, 0.29) is 31.4 Å². The number of hydrogen-bond acceptors (Lipinski definition) is 4. The van der Waals surface area contributed by atoms with E-state index in [1.165, 1.54) is 6.33 Å². The second kappa shape index (κ2) is 10.7. The van der Waals surface area contributed by atoms with E-state index in [0.717, 1.165) is 22.3 Å². The number of hydrogen-bond donors (Lipinski definition) is 2. The highest BCUT2D eigenvalue weighted by molar-refractivity contribution is 5.85. The molecule has 1 aliphatic rings. The molecule has 0 spiro atoms. The minimum absolute atomic E-state index is 0. The van der Waals surface area contributed by atoms with Crippen LogP contribution in [0.2, 0.25) is 0 Å². The molecule has 3 aromatic rings. The van der Waals surface area contributed by atoms with Crippen molar-refractivity contribution in [1.82, 2.24) is 25.4 Å². The molecule has 1 aromatic heterocycles. The van der Waals surface area contributed by atoms with E-state index in [0.29, 0.717) is 6.54 Å². The average Bonchev–Trinajstić information content (AvgIpc) is 3.36. The summed E-state index contributed by atoms with van der Waals surface area (Å²) in [6, 6.07) is 15.0. The van der Waals surface area contributed by atoms with Gasteiger partial charge in [0.2, 0.25) is 5.91 Å². The van der Waals surface area contributed by atoms with Crippen LogP contribution < -0.4 is 10.6 Å². The summed E-state index contributed by atoms with van der Waals surface area (Å²) >= 11 is 0. The molecular weight excluding hydrogens is 447 g/mol. The van der Waals surface area contributed by atoms with Gasteiger partial charge in [-0.15, -0.1) is 24.8 Å². The molecule has 31 heavy (non-hydrogen) atoms. The molecule has 0 aliphatic carbocycles. The van der Waals surface area contributed by atoms with Gasteiger partial charge in [-0.3, -0.25) is 10.1 Å². The maximum absolute atomic E-state index is 13.3. The Morgan fingerprint density at radius 3 is 2.55 bits per heavy atom. The largest absolute Gasteiger partial charge is 0.351 e. The van der Waals surface area contributed by atoms with Crippen LogP contribution in [0.4, 0.5) is 8.78 Å². The second-order valence-electron chi connectivity index (χ2n) is 7.16. The fourth-order valence-corrected chi connectivity index (χ4v) is 3.45. The van der Waals surface area contributed by atoms with Gasteiger partial charge in [-0.1, -0.05) is 48.5 Å². The molecule has 2 heterocycles. The molecular formula is C21H23Cl2F2N5O.